The minimum atomic E-state index is -0.789. The molecule has 3 aromatic rings. The Morgan fingerprint density at radius 3 is 2.52 bits per heavy atom. The SMILES string of the molecule is CC(=O)Nc1ccc(OC(c2ccccc2F)c2c(C3CC3)c(=O)[nH]n2C)cc1. The van der Waals surface area contributed by atoms with Gasteiger partial charge >= 0.3 is 0 Å². The number of hydrogen-bond acceptors (Lipinski definition) is 3. The van der Waals surface area contributed by atoms with Gasteiger partial charge in [0.2, 0.25) is 5.91 Å². The molecule has 0 radical (unpaired) electrons. The van der Waals surface area contributed by atoms with E-state index in [2.05, 4.69) is 10.4 Å². The van der Waals surface area contributed by atoms with E-state index in [0.29, 0.717) is 28.3 Å². The van der Waals surface area contributed by atoms with Crippen molar-refractivity contribution >= 4 is 11.6 Å². The first-order valence-corrected chi connectivity index (χ1v) is 9.51. The molecule has 1 aliphatic rings. The van der Waals surface area contributed by atoms with E-state index in [4.69, 9.17) is 4.74 Å². The van der Waals surface area contributed by atoms with Gasteiger partial charge in [0.05, 0.1) is 5.69 Å². The maximum Gasteiger partial charge on any atom is 0.267 e. The van der Waals surface area contributed by atoms with E-state index in [9.17, 15) is 14.0 Å². The largest absolute Gasteiger partial charge is 0.479 e. The van der Waals surface area contributed by atoms with E-state index in [1.807, 2.05) is 0 Å². The standard InChI is InChI=1S/C22H22FN3O3/c1-13(27)24-15-9-11-16(12-10-15)29-21(17-5-3-4-6-18(17)23)20-19(14-7-8-14)22(28)25-26(20)2/h3-6,9-12,14,21H,7-8H2,1-2H3,(H,24,27)(H,25,28). The number of anilines is 1. The molecule has 0 aliphatic heterocycles. The van der Waals surface area contributed by atoms with Gasteiger partial charge in [-0.1, -0.05) is 18.2 Å². The van der Waals surface area contributed by atoms with Crippen LogP contribution in [0.2, 0.25) is 0 Å². The van der Waals surface area contributed by atoms with E-state index in [1.54, 1.807) is 54.2 Å². The number of hydrogen-bond donors (Lipinski definition) is 2. The molecule has 2 aromatic carbocycles. The quantitative estimate of drug-likeness (QED) is 0.666. The molecule has 1 saturated carbocycles. The Bertz CT molecular complexity index is 1100. The van der Waals surface area contributed by atoms with Crippen LogP contribution < -0.4 is 15.6 Å². The highest BCUT2D eigenvalue weighted by Crippen LogP contribution is 2.43. The fourth-order valence-electron chi connectivity index (χ4n) is 3.56. The number of aromatic nitrogens is 2. The smallest absolute Gasteiger partial charge is 0.267 e. The average molecular weight is 395 g/mol. The molecule has 1 amide bonds. The third-order valence-electron chi connectivity index (χ3n) is 5.00. The number of carbonyl (C=O) groups is 1. The lowest BCUT2D eigenvalue weighted by Crippen LogP contribution is -2.17. The van der Waals surface area contributed by atoms with Crippen molar-refractivity contribution in [2.24, 2.45) is 7.05 Å². The van der Waals surface area contributed by atoms with Gasteiger partial charge in [-0.05, 0) is 49.1 Å². The molecule has 1 atom stereocenters. The van der Waals surface area contributed by atoms with E-state index in [1.165, 1.54) is 13.0 Å². The summed E-state index contributed by atoms with van der Waals surface area (Å²) in [4.78, 5) is 23.7. The number of nitrogens with one attached hydrogen (secondary N) is 2. The van der Waals surface area contributed by atoms with Crippen LogP contribution in [-0.4, -0.2) is 15.7 Å². The second kappa shape index (κ2) is 7.58. The van der Waals surface area contributed by atoms with Crippen molar-refractivity contribution in [3.63, 3.8) is 0 Å². The number of halogens is 1. The Morgan fingerprint density at radius 2 is 1.90 bits per heavy atom. The zero-order valence-corrected chi connectivity index (χ0v) is 16.2. The molecule has 7 heteroatoms. The van der Waals surface area contributed by atoms with Crippen molar-refractivity contribution in [1.29, 1.82) is 0 Å². The van der Waals surface area contributed by atoms with Gasteiger partial charge in [0.1, 0.15) is 11.6 Å². The van der Waals surface area contributed by atoms with Crippen LogP contribution in [0, 0.1) is 5.82 Å². The van der Waals surface area contributed by atoms with Crippen LogP contribution in [0.3, 0.4) is 0 Å². The summed E-state index contributed by atoms with van der Waals surface area (Å²) in [5, 5.41) is 5.49. The van der Waals surface area contributed by atoms with Crippen LogP contribution in [0.25, 0.3) is 0 Å². The Balaban J connectivity index is 1.76. The van der Waals surface area contributed by atoms with Crippen molar-refractivity contribution in [1.82, 2.24) is 9.78 Å². The minimum absolute atomic E-state index is 0.157. The normalized spacial score (nSPS) is 14.4. The van der Waals surface area contributed by atoms with Crippen LogP contribution in [0.5, 0.6) is 5.75 Å². The van der Waals surface area contributed by atoms with Crippen molar-refractivity contribution in [2.75, 3.05) is 5.32 Å². The van der Waals surface area contributed by atoms with Gasteiger partial charge in [0.15, 0.2) is 6.10 Å². The van der Waals surface area contributed by atoms with Gasteiger partial charge in [-0.15, -0.1) is 0 Å². The van der Waals surface area contributed by atoms with Gasteiger partial charge in [0.25, 0.3) is 5.56 Å². The number of aromatic amines is 1. The van der Waals surface area contributed by atoms with Gasteiger partial charge in [0, 0.05) is 30.8 Å². The molecule has 150 valence electrons. The van der Waals surface area contributed by atoms with E-state index in [-0.39, 0.29) is 17.4 Å². The van der Waals surface area contributed by atoms with Crippen molar-refractivity contribution in [2.45, 2.75) is 31.8 Å². The summed E-state index contributed by atoms with van der Waals surface area (Å²) in [6, 6.07) is 13.3. The van der Waals surface area contributed by atoms with Crippen molar-refractivity contribution in [3.8, 4) is 5.75 Å². The molecule has 1 unspecified atom stereocenters. The van der Waals surface area contributed by atoms with E-state index >= 15 is 0 Å². The summed E-state index contributed by atoms with van der Waals surface area (Å²) < 4.78 is 22.5. The van der Waals surface area contributed by atoms with Crippen molar-refractivity contribution in [3.05, 3.63) is 81.5 Å². The summed E-state index contributed by atoms with van der Waals surface area (Å²) in [5.74, 6) is 0.111. The Kier molecular flexibility index (Phi) is 4.96. The fraction of sp³-hybridized carbons (Fsp3) is 0.273. The van der Waals surface area contributed by atoms with Gasteiger partial charge < -0.3 is 10.1 Å². The number of carbonyl (C=O) groups excluding carboxylic acids is 1. The number of benzene rings is 2. The van der Waals surface area contributed by atoms with Crippen LogP contribution in [0.15, 0.2) is 53.3 Å². The first-order valence-electron chi connectivity index (χ1n) is 9.51. The zero-order valence-electron chi connectivity index (χ0n) is 16.2. The maximum atomic E-state index is 14.7. The second-order valence-electron chi connectivity index (χ2n) is 7.30. The summed E-state index contributed by atoms with van der Waals surface area (Å²) >= 11 is 0. The molecule has 0 spiro atoms. The number of rotatable bonds is 6. The minimum Gasteiger partial charge on any atom is -0.479 e. The summed E-state index contributed by atoms with van der Waals surface area (Å²) in [5.41, 5.74) is 2.13. The Labute approximate surface area is 167 Å². The number of aryl methyl sites for hydroxylation is 1. The molecule has 1 heterocycles. The molecular formula is C22H22FN3O3. The molecular weight excluding hydrogens is 373 g/mol. The Morgan fingerprint density at radius 1 is 1.21 bits per heavy atom. The fourth-order valence-corrected chi connectivity index (χ4v) is 3.56. The molecule has 4 rings (SSSR count). The number of amides is 1. The predicted molar refractivity (Wildman–Crippen MR) is 108 cm³/mol. The first kappa shape index (κ1) is 19.0. The molecule has 6 nitrogen and oxygen atoms in total. The highest BCUT2D eigenvalue weighted by atomic mass is 19.1. The summed E-state index contributed by atoms with van der Waals surface area (Å²) in [7, 11) is 1.74. The molecule has 1 fully saturated rings. The second-order valence-corrected chi connectivity index (χ2v) is 7.30. The summed E-state index contributed by atoms with van der Waals surface area (Å²) in [6.07, 6.45) is 1.09. The van der Waals surface area contributed by atoms with Crippen LogP contribution >= 0.6 is 0 Å². The molecule has 1 aromatic heterocycles. The number of ether oxygens (including phenoxy) is 1. The van der Waals surface area contributed by atoms with Crippen LogP contribution in [0.1, 0.15) is 48.6 Å². The maximum absolute atomic E-state index is 14.7. The number of nitrogens with zero attached hydrogens (tertiary/aromatic N) is 1. The third kappa shape index (κ3) is 3.94. The first-order chi connectivity index (χ1) is 13.9. The zero-order chi connectivity index (χ0) is 20.5. The third-order valence-corrected chi connectivity index (χ3v) is 5.00. The molecule has 29 heavy (non-hydrogen) atoms. The average Bonchev–Trinajstić information content (AvgIpc) is 3.46. The topological polar surface area (TPSA) is 76.1 Å². The van der Waals surface area contributed by atoms with E-state index in [0.717, 1.165) is 12.8 Å². The summed E-state index contributed by atoms with van der Waals surface area (Å²) in [6.45, 7) is 1.43. The van der Waals surface area contributed by atoms with E-state index < -0.39 is 11.9 Å². The lowest BCUT2D eigenvalue weighted by atomic mass is 10.00. The predicted octanol–water partition coefficient (Wildman–Crippen LogP) is 3.86. The highest BCUT2D eigenvalue weighted by Gasteiger charge is 2.36. The van der Waals surface area contributed by atoms with Gasteiger partial charge in [-0.2, -0.15) is 0 Å². The van der Waals surface area contributed by atoms with Crippen LogP contribution in [0.4, 0.5) is 10.1 Å². The monoisotopic (exact) mass is 395 g/mol. The molecule has 0 bridgehead atoms. The lowest BCUT2D eigenvalue weighted by Gasteiger charge is -2.22. The van der Waals surface area contributed by atoms with Gasteiger partial charge in [-0.3, -0.25) is 19.4 Å². The Hall–Kier alpha value is -3.35. The van der Waals surface area contributed by atoms with Crippen LogP contribution in [-0.2, 0) is 11.8 Å². The highest BCUT2D eigenvalue weighted by molar-refractivity contribution is 5.88. The molecule has 2 N–H and O–H groups in total. The molecule has 0 saturated heterocycles. The number of H-pyrrole nitrogens is 1. The lowest BCUT2D eigenvalue weighted by molar-refractivity contribution is -0.114. The van der Waals surface area contributed by atoms with Crippen molar-refractivity contribution < 1.29 is 13.9 Å². The molecule has 1 aliphatic carbocycles. The van der Waals surface area contributed by atoms with Gasteiger partial charge in [-0.25, -0.2) is 4.39 Å².